The minimum absolute atomic E-state index is 0.315. The van der Waals surface area contributed by atoms with Gasteiger partial charge < -0.3 is 10.1 Å². The van der Waals surface area contributed by atoms with Crippen molar-refractivity contribution in [2.24, 2.45) is 0 Å². The second-order valence-electron chi connectivity index (χ2n) is 4.13. The lowest BCUT2D eigenvalue weighted by molar-refractivity contribution is 0.0601. The van der Waals surface area contributed by atoms with Crippen LogP contribution in [0.4, 0.5) is 5.69 Å². The maximum Gasteiger partial charge on any atom is 0.337 e. The van der Waals surface area contributed by atoms with Gasteiger partial charge in [-0.3, -0.25) is 0 Å². The molecule has 0 aliphatic heterocycles. The summed E-state index contributed by atoms with van der Waals surface area (Å²) < 4.78 is 4.65. The fraction of sp³-hybridized carbons (Fsp3) is 0.286. The number of esters is 1. The number of methoxy groups -OCH3 is 1. The third-order valence-electron chi connectivity index (χ3n) is 2.64. The second kappa shape index (κ2) is 6.33. The molecule has 0 aliphatic rings. The Morgan fingerprint density at radius 2 is 2.11 bits per heavy atom. The van der Waals surface area contributed by atoms with E-state index < -0.39 is 0 Å². The summed E-state index contributed by atoms with van der Waals surface area (Å²) in [6, 6.07) is 7.25. The third kappa shape index (κ3) is 3.79. The van der Waals surface area contributed by atoms with E-state index in [1.807, 2.05) is 19.1 Å². The average Bonchev–Trinajstić information content (AvgIpc) is 2.84. The Labute approximate surface area is 116 Å². The predicted octanol–water partition coefficient (Wildman–Crippen LogP) is 2.89. The number of carbonyl (C=O) groups is 1. The van der Waals surface area contributed by atoms with E-state index in [4.69, 9.17) is 0 Å². The van der Waals surface area contributed by atoms with E-state index in [1.54, 1.807) is 23.5 Å². The number of benzene rings is 1. The molecule has 2 rings (SSSR count). The monoisotopic (exact) mass is 276 g/mol. The summed E-state index contributed by atoms with van der Waals surface area (Å²) in [5, 5.41) is 6.49. The SMILES string of the molecule is COC(=O)c1ccc(NCCc2nc(C)cs2)cc1. The number of nitrogens with zero attached hydrogens (tertiary/aromatic N) is 1. The lowest BCUT2D eigenvalue weighted by Crippen LogP contribution is -2.05. The lowest BCUT2D eigenvalue weighted by atomic mass is 10.2. The standard InChI is InChI=1S/C14H16N2O2S/c1-10-9-19-13(16-10)7-8-15-12-5-3-11(4-6-12)14(17)18-2/h3-6,9,15H,7-8H2,1-2H3. The number of hydrogen-bond acceptors (Lipinski definition) is 5. The smallest absolute Gasteiger partial charge is 0.337 e. The van der Waals surface area contributed by atoms with Crippen LogP contribution in [0.5, 0.6) is 0 Å². The van der Waals surface area contributed by atoms with Gasteiger partial charge >= 0.3 is 5.97 Å². The Hall–Kier alpha value is -1.88. The van der Waals surface area contributed by atoms with Gasteiger partial charge in [-0.25, -0.2) is 9.78 Å². The van der Waals surface area contributed by atoms with Crippen molar-refractivity contribution in [1.82, 2.24) is 4.98 Å². The van der Waals surface area contributed by atoms with Gasteiger partial charge in [-0.05, 0) is 31.2 Å². The van der Waals surface area contributed by atoms with Crippen LogP contribution in [0.15, 0.2) is 29.6 Å². The zero-order valence-electron chi connectivity index (χ0n) is 11.0. The maximum atomic E-state index is 11.3. The van der Waals surface area contributed by atoms with E-state index in [-0.39, 0.29) is 5.97 Å². The molecule has 0 atom stereocenters. The quantitative estimate of drug-likeness (QED) is 0.853. The minimum Gasteiger partial charge on any atom is -0.465 e. The number of rotatable bonds is 5. The Balaban J connectivity index is 1.84. The summed E-state index contributed by atoms with van der Waals surface area (Å²) in [4.78, 5) is 15.7. The van der Waals surface area contributed by atoms with Crippen LogP contribution >= 0.6 is 11.3 Å². The number of anilines is 1. The van der Waals surface area contributed by atoms with E-state index >= 15 is 0 Å². The molecule has 0 saturated carbocycles. The zero-order chi connectivity index (χ0) is 13.7. The third-order valence-corrected chi connectivity index (χ3v) is 3.67. The van der Waals surface area contributed by atoms with Gasteiger partial charge in [-0.1, -0.05) is 0 Å². The zero-order valence-corrected chi connectivity index (χ0v) is 11.8. The first-order valence-electron chi connectivity index (χ1n) is 6.02. The Bertz CT molecular complexity index is 549. The average molecular weight is 276 g/mol. The minimum atomic E-state index is -0.315. The van der Waals surface area contributed by atoms with Crippen molar-refractivity contribution in [1.29, 1.82) is 0 Å². The summed E-state index contributed by atoms with van der Waals surface area (Å²) in [5.41, 5.74) is 2.62. The van der Waals surface area contributed by atoms with Crippen LogP contribution in [0.2, 0.25) is 0 Å². The molecule has 4 nitrogen and oxygen atoms in total. The number of aryl methyl sites for hydroxylation is 1. The molecule has 0 aliphatic carbocycles. The van der Waals surface area contributed by atoms with Crippen LogP contribution in [0.3, 0.4) is 0 Å². The summed E-state index contributed by atoms with van der Waals surface area (Å²) in [7, 11) is 1.38. The molecule has 0 spiro atoms. The molecule has 0 amide bonds. The fourth-order valence-corrected chi connectivity index (χ4v) is 2.45. The van der Waals surface area contributed by atoms with Crippen LogP contribution in [-0.2, 0) is 11.2 Å². The van der Waals surface area contributed by atoms with Crippen LogP contribution in [-0.4, -0.2) is 24.6 Å². The molecule has 2 aromatic rings. The first-order valence-corrected chi connectivity index (χ1v) is 6.90. The first-order chi connectivity index (χ1) is 9.19. The summed E-state index contributed by atoms with van der Waals surface area (Å²) in [5.74, 6) is -0.315. The van der Waals surface area contributed by atoms with Crippen molar-refractivity contribution < 1.29 is 9.53 Å². The molecule has 0 fully saturated rings. The van der Waals surface area contributed by atoms with Gasteiger partial charge in [0, 0.05) is 29.7 Å². The molecule has 0 bridgehead atoms. The van der Waals surface area contributed by atoms with E-state index in [2.05, 4.69) is 20.4 Å². The van der Waals surface area contributed by atoms with Crippen LogP contribution in [0.25, 0.3) is 0 Å². The molecule has 1 aromatic heterocycles. The molecule has 0 unspecified atom stereocenters. The number of ether oxygens (including phenoxy) is 1. The Morgan fingerprint density at radius 3 is 2.68 bits per heavy atom. The molecule has 100 valence electrons. The highest BCUT2D eigenvalue weighted by Gasteiger charge is 2.04. The van der Waals surface area contributed by atoms with Gasteiger partial charge in [-0.15, -0.1) is 11.3 Å². The van der Waals surface area contributed by atoms with Crippen molar-refractivity contribution in [2.75, 3.05) is 19.0 Å². The highest BCUT2D eigenvalue weighted by molar-refractivity contribution is 7.09. The molecule has 19 heavy (non-hydrogen) atoms. The maximum absolute atomic E-state index is 11.3. The number of carbonyl (C=O) groups excluding carboxylic acids is 1. The van der Waals surface area contributed by atoms with Gasteiger partial charge in [0.25, 0.3) is 0 Å². The normalized spacial score (nSPS) is 10.2. The summed E-state index contributed by atoms with van der Waals surface area (Å²) in [6.45, 7) is 2.82. The summed E-state index contributed by atoms with van der Waals surface area (Å²) >= 11 is 1.68. The number of aromatic nitrogens is 1. The van der Waals surface area contributed by atoms with Gasteiger partial charge in [0.2, 0.25) is 0 Å². The topological polar surface area (TPSA) is 51.2 Å². The largest absolute Gasteiger partial charge is 0.465 e. The molecular formula is C14H16N2O2S. The molecular weight excluding hydrogens is 260 g/mol. The van der Waals surface area contributed by atoms with E-state index in [1.165, 1.54) is 7.11 Å². The highest BCUT2D eigenvalue weighted by atomic mass is 32.1. The lowest BCUT2D eigenvalue weighted by Gasteiger charge is -2.05. The molecule has 1 heterocycles. The number of nitrogens with one attached hydrogen (secondary N) is 1. The van der Waals surface area contributed by atoms with Crippen molar-refractivity contribution >= 4 is 23.0 Å². The van der Waals surface area contributed by atoms with Crippen molar-refractivity contribution in [3.8, 4) is 0 Å². The second-order valence-corrected chi connectivity index (χ2v) is 5.07. The molecule has 1 aromatic carbocycles. The van der Waals surface area contributed by atoms with Crippen LogP contribution in [0.1, 0.15) is 21.1 Å². The highest BCUT2D eigenvalue weighted by Crippen LogP contribution is 2.12. The van der Waals surface area contributed by atoms with Crippen molar-refractivity contribution in [3.63, 3.8) is 0 Å². The fourth-order valence-electron chi connectivity index (χ4n) is 1.67. The summed E-state index contributed by atoms with van der Waals surface area (Å²) in [6.07, 6.45) is 0.900. The van der Waals surface area contributed by atoms with Gasteiger partial charge in [-0.2, -0.15) is 0 Å². The van der Waals surface area contributed by atoms with E-state index in [0.29, 0.717) is 5.56 Å². The predicted molar refractivity (Wildman–Crippen MR) is 76.8 cm³/mol. The Kier molecular flexibility index (Phi) is 4.52. The van der Waals surface area contributed by atoms with E-state index in [9.17, 15) is 4.79 Å². The number of thiazole rings is 1. The molecule has 0 radical (unpaired) electrons. The van der Waals surface area contributed by atoms with E-state index in [0.717, 1.165) is 29.4 Å². The van der Waals surface area contributed by atoms with Crippen LogP contribution < -0.4 is 5.32 Å². The Morgan fingerprint density at radius 1 is 1.37 bits per heavy atom. The van der Waals surface area contributed by atoms with Gasteiger partial charge in [0.1, 0.15) is 0 Å². The number of hydrogen-bond donors (Lipinski definition) is 1. The van der Waals surface area contributed by atoms with Gasteiger partial charge in [0.15, 0.2) is 0 Å². The molecule has 1 N–H and O–H groups in total. The molecule has 5 heteroatoms. The first kappa shape index (κ1) is 13.5. The van der Waals surface area contributed by atoms with Crippen molar-refractivity contribution in [3.05, 3.63) is 45.9 Å². The molecule has 0 saturated heterocycles. The van der Waals surface area contributed by atoms with Gasteiger partial charge in [0.05, 0.1) is 17.7 Å². The van der Waals surface area contributed by atoms with Crippen molar-refractivity contribution in [2.45, 2.75) is 13.3 Å². The van der Waals surface area contributed by atoms with Crippen LogP contribution in [0, 0.1) is 6.92 Å².